The van der Waals surface area contributed by atoms with E-state index >= 15 is 0 Å². The van der Waals surface area contributed by atoms with E-state index in [4.69, 9.17) is 4.98 Å². The van der Waals surface area contributed by atoms with Crippen LogP contribution in [0.4, 0.5) is 0 Å². The van der Waals surface area contributed by atoms with Crippen molar-refractivity contribution in [2.45, 2.75) is 58.5 Å². The number of hydrogen-bond acceptors (Lipinski definition) is 3. The second-order valence-corrected chi connectivity index (χ2v) is 7.10. The fraction of sp³-hybridized carbons (Fsp3) is 0.611. The van der Waals surface area contributed by atoms with E-state index in [1.165, 1.54) is 11.0 Å². The van der Waals surface area contributed by atoms with Gasteiger partial charge in [-0.2, -0.15) is 0 Å². The number of imidazole rings is 1. The van der Waals surface area contributed by atoms with E-state index in [0.29, 0.717) is 42.0 Å². The molecule has 1 fully saturated rings. The standard InChI is InChI=1S/C18H24N4O2/c1-3-7-21-16-14(17(23)22(8-4-2)18(21)24)19-15(20-16)13-10-11-5-6-12(13)9-11/h5-6,11-13H,3-4,7-10H2,1-2H3,(H,19,20). The number of fused-ring (bicyclic) bond motifs is 3. The predicted octanol–water partition coefficient (Wildman–Crippen LogP) is 2.39. The molecule has 2 heterocycles. The first-order valence-electron chi connectivity index (χ1n) is 9.05. The van der Waals surface area contributed by atoms with E-state index in [0.717, 1.165) is 25.1 Å². The van der Waals surface area contributed by atoms with Gasteiger partial charge >= 0.3 is 5.69 Å². The molecule has 2 aliphatic rings. The first-order valence-corrected chi connectivity index (χ1v) is 9.05. The fourth-order valence-corrected chi connectivity index (χ4v) is 4.30. The molecule has 0 amide bonds. The van der Waals surface area contributed by atoms with Crippen LogP contribution in [-0.2, 0) is 13.1 Å². The summed E-state index contributed by atoms with van der Waals surface area (Å²) in [6.07, 6.45) is 8.43. The van der Waals surface area contributed by atoms with Crippen molar-refractivity contribution in [2.75, 3.05) is 0 Å². The van der Waals surface area contributed by atoms with Crippen LogP contribution in [-0.4, -0.2) is 19.1 Å². The number of nitrogens with zero attached hydrogens (tertiary/aromatic N) is 3. The minimum absolute atomic E-state index is 0.234. The van der Waals surface area contributed by atoms with Gasteiger partial charge in [0, 0.05) is 19.0 Å². The summed E-state index contributed by atoms with van der Waals surface area (Å²) in [5, 5.41) is 0. The average Bonchev–Trinajstić information content (AvgIpc) is 3.29. The molecule has 0 saturated heterocycles. The highest BCUT2D eigenvalue weighted by atomic mass is 16.2. The molecule has 0 spiro atoms. The van der Waals surface area contributed by atoms with Crippen LogP contribution < -0.4 is 11.2 Å². The van der Waals surface area contributed by atoms with Crippen molar-refractivity contribution in [1.29, 1.82) is 0 Å². The first kappa shape index (κ1) is 15.4. The molecule has 2 aliphatic carbocycles. The van der Waals surface area contributed by atoms with Gasteiger partial charge in [0.2, 0.25) is 0 Å². The van der Waals surface area contributed by atoms with Crippen LogP contribution >= 0.6 is 0 Å². The number of hydrogen-bond donors (Lipinski definition) is 1. The van der Waals surface area contributed by atoms with Crippen molar-refractivity contribution in [2.24, 2.45) is 11.8 Å². The molecule has 2 aromatic heterocycles. The molecular weight excluding hydrogens is 304 g/mol. The third-order valence-corrected chi connectivity index (χ3v) is 5.40. The number of H-pyrrole nitrogens is 1. The highest BCUT2D eigenvalue weighted by molar-refractivity contribution is 5.70. The van der Waals surface area contributed by atoms with E-state index in [-0.39, 0.29) is 11.2 Å². The van der Waals surface area contributed by atoms with Gasteiger partial charge in [-0.3, -0.25) is 13.9 Å². The Morgan fingerprint density at radius 2 is 1.88 bits per heavy atom. The van der Waals surface area contributed by atoms with Crippen molar-refractivity contribution in [3.05, 3.63) is 38.8 Å². The third-order valence-electron chi connectivity index (χ3n) is 5.40. The van der Waals surface area contributed by atoms with E-state index in [2.05, 4.69) is 17.1 Å². The summed E-state index contributed by atoms with van der Waals surface area (Å²) in [5.74, 6) is 2.37. The van der Waals surface area contributed by atoms with Gasteiger partial charge in [0.05, 0.1) is 0 Å². The molecule has 2 bridgehead atoms. The first-order chi connectivity index (χ1) is 11.6. The quantitative estimate of drug-likeness (QED) is 0.857. The van der Waals surface area contributed by atoms with Gasteiger partial charge in [0.1, 0.15) is 11.3 Å². The smallest absolute Gasteiger partial charge is 0.332 e. The second kappa shape index (κ2) is 5.76. The number of aromatic nitrogens is 4. The van der Waals surface area contributed by atoms with Crippen LogP contribution in [0.2, 0.25) is 0 Å². The monoisotopic (exact) mass is 328 g/mol. The lowest BCUT2D eigenvalue weighted by atomic mass is 9.93. The van der Waals surface area contributed by atoms with Gasteiger partial charge in [-0.25, -0.2) is 9.78 Å². The molecule has 0 aromatic carbocycles. The van der Waals surface area contributed by atoms with Gasteiger partial charge in [-0.1, -0.05) is 26.0 Å². The number of rotatable bonds is 5. The molecule has 4 rings (SSSR count). The lowest BCUT2D eigenvalue weighted by Gasteiger charge is -2.14. The zero-order valence-corrected chi connectivity index (χ0v) is 14.3. The maximum Gasteiger partial charge on any atom is 0.332 e. The molecule has 128 valence electrons. The lowest BCUT2D eigenvalue weighted by molar-refractivity contribution is 0.552. The van der Waals surface area contributed by atoms with Crippen molar-refractivity contribution in [3.8, 4) is 0 Å². The summed E-state index contributed by atoms with van der Waals surface area (Å²) < 4.78 is 3.01. The van der Waals surface area contributed by atoms with Crippen molar-refractivity contribution in [1.82, 2.24) is 19.1 Å². The second-order valence-electron chi connectivity index (χ2n) is 7.10. The van der Waals surface area contributed by atoms with Crippen LogP contribution in [0.1, 0.15) is 51.3 Å². The molecule has 6 nitrogen and oxygen atoms in total. The number of aryl methyl sites for hydroxylation is 1. The zero-order chi connectivity index (χ0) is 16.8. The summed E-state index contributed by atoms with van der Waals surface area (Å²) in [6.45, 7) is 5.03. The molecule has 1 N–H and O–H groups in total. The van der Waals surface area contributed by atoms with E-state index in [9.17, 15) is 9.59 Å². The fourth-order valence-electron chi connectivity index (χ4n) is 4.30. The molecule has 0 radical (unpaired) electrons. The van der Waals surface area contributed by atoms with E-state index < -0.39 is 0 Å². The summed E-state index contributed by atoms with van der Waals surface area (Å²) in [6, 6.07) is 0. The van der Waals surface area contributed by atoms with Crippen LogP contribution in [0.15, 0.2) is 21.7 Å². The maximum atomic E-state index is 12.7. The summed E-state index contributed by atoms with van der Waals surface area (Å²) in [4.78, 5) is 33.4. The highest BCUT2D eigenvalue weighted by Crippen LogP contribution is 2.48. The van der Waals surface area contributed by atoms with Gasteiger partial charge in [-0.15, -0.1) is 0 Å². The van der Waals surface area contributed by atoms with E-state index in [1.54, 1.807) is 4.57 Å². The Labute approximate surface area is 140 Å². The number of allylic oxidation sites excluding steroid dienone is 2. The minimum Gasteiger partial charge on any atom is -0.336 e. The minimum atomic E-state index is -0.235. The van der Waals surface area contributed by atoms with Crippen LogP contribution in [0.3, 0.4) is 0 Å². The zero-order valence-electron chi connectivity index (χ0n) is 14.3. The Morgan fingerprint density at radius 1 is 1.12 bits per heavy atom. The van der Waals surface area contributed by atoms with Gasteiger partial charge in [0.25, 0.3) is 5.56 Å². The molecule has 2 aromatic rings. The lowest BCUT2D eigenvalue weighted by Crippen LogP contribution is -2.40. The van der Waals surface area contributed by atoms with Crippen LogP contribution in [0.5, 0.6) is 0 Å². The highest BCUT2D eigenvalue weighted by Gasteiger charge is 2.38. The van der Waals surface area contributed by atoms with Crippen molar-refractivity contribution >= 4 is 11.2 Å². The predicted molar refractivity (Wildman–Crippen MR) is 93.3 cm³/mol. The van der Waals surface area contributed by atoms with Crippen molar-refractivity contribution in [3.63, 3.8) is 0 Å². The van der Waals surface area contributed by atoms with Gasteiger partial charge in [0.15, 0.2) is 5.65 Å². The molecule has 3 atom stereocenters. The van der Waals surface area contributed by atoms with Crippen LogP contribution in [0, 0.1) is 11.8 Å². The summed E-state index contributed by atoms with van der Waals surface area (Å²) in [7, 11) is 0. The number of aromatic amines is 1. The Bertz CT molecular complexity index is 917. The molecule has 3 unspecified atom stereocenters. The maximum absolute atomic E-state index is 12.7. The topological polar surface area (TPSA) is 72.7 Å². The Kier molecular flexibility index (Phi) is 3.70. The van der Waals surface area contributed by atoms with Crippen molar-refractivity contribution < 1.29 is 0 Å². The molecule has 24 heavy (non-hydrogen) atoms. The average molecular weight is 328 g/mol. The summed E-state index contributed by atoms with van der Waals surface area (Å²) in [5.41, 5.74) is 0.544. The normalized spacial score (nSPS) is 25.2. The summed E-state index contributed by atoms with van der Waals surface area (Å²) >= 11 is 0. The molecular formula is C18H24N4O2. The Morgan fingerprint density at radius 3 is 2.50 bits per heavy atom. The largest absolute Gasteiger partial charge is 0.336 e. The van der Waals surface area contributed by atoms with Gasteiger partial charge in [-0.05, 0) is 37.5 Å². The third kappa shape index (κ3) is 2.19. The van der Waals surface area contributed by atoms with E-state index in [1.807, 2.05) is 13.8 Å². The Balaban J connectivity index is 1.90. The molecule has 0 aliphatic heterocycles. The molecule has 1 saturated carbocycles. The number of nitrogens with one attached hydrogen (secondary N) is 1. The van der Waals surface area contributed by atoms with Gasteiger partial charge < -0.3 is 4.98 Å². The molecule has 6 heteroatoms. The SMILES string of the molecule is CCCn1c(=O)c2[nH]c(C3CC4C=CC3C4)nc2n(CCC)c1=O. The Hall–Kier alpha value is -2.11. The van der Waals surface area contributed by atoms with Crippen LogP contribution in [0.25, 0.3) is 11.2 Å².